The Morgan fingerprint density at radius 2 is 1.89 bits per heavy atom. The van der Waals surface area contributed by atoms with E-state index in [2.05, 4.69) is 10.6 Å². The lowest BCUT2D eigenvalue weighted by atomic mass is 10.2. The number of rotatable bonds is 7. The monoisotopic (exact) mass is 268 g/mol. The fraction of sp³-hybridized carbons (Fsp3) is 0.909. The molecule has 0 aliphatic rings. The lowest BCUT2D eigenvalue weighted by molar-refractivity contribution is -0.0474. The maximum atomic E-state index is 12.6. The van der Waals surface area contributed by atoms with Crippen LogP contribution in [0.3, 0.4) is 0 Å². The first-order chi connectivity index (χ1) is 8.16. The van der Waals surface area contributed by atoms with Crippen molar-refractivity contribution in [3.63, 3.8) is 0 Å². The van der Waals surface area contributed by atoms with Crippen LogP contribution < -0.4 is 10.6 Å². The van der Waals surface area contributed by atoms with Crippen molar-refractivity contribution in [1.82, 2.24) is 10.6 Å². The summed E-state index contributed by atoms with van der Waals surface area (Å²) >= 11 is 0. The topological polar surface area (TPSA) is 70.6 Å². The van der Waals surface area contributed by atoms with Gasteiger partial charge in [-0.1, -0.05) is 0 Å². The Balaban J connectivity index is 3.49. The highest BCUT2D eigenvalue weighted by Crippen LogP contribution is 2.09. The van der Waals surface area contributed by atoms with Crippen molar-refractivity contribution in [2.75, 3.05) is 26.2 Å². The van der Waals surface area contributed by atoms with Crippen LogP contribution >= 0.6 is 0 Å². The Morgan fingerprint density at radius 1 is 1.28 bits per heavy atom. The van der Waals surface area contributed by atoms with E-state index in [9.17, 15) is 13.6 Å². The van der Waals surface area contributed by atoms with Gasteiger partial charge in [-0.2, -0.15) is 0 Å². The fourth-order valence-corrected chi connectivity index (χ4v) is 1.05. The van der Waals surface area contributed by atoms with Gasteiger partial charge in [0.25, 0.3) is 5.92 Å². The number of halogens is 2. The maximum Gasteiger partial charge on any atom is 0.407 e. The number of carbonyl (C=O) groups excluding carboxylic acids is 1. The van der Waals surface area contributed by atoms with Crippen LogP contribution in [-0.4, -0.2) is 49.0 Å². The van der Waals surface area contributed by atoms with Gasteiger partial charge in [-0.05, 0) is 33.7 Å². The van der Waals surface area contributed by atoms with Gasteiger partial charge in [0.05, 0.1) is 6.54 Å². The standard InChI is InChI=1S/C11H22F2N2O3/c1-10(2,3)18-9(17)15-6-4-5-14-7-11(12,13)8-16/h14,16H,4-8H2,1-3H3,(H,15,17). The number of carbonyl (C=O) groups is 1. The largest absolute Gasteiger partial charge is 0.444 e. The number of hydrogen-bond donors (Lipinski definition) is 3. The predicted octanol–water partition coefficient (Wildman–Crippen LogP) is 1.12. The minimum absolute atomic E-state index is 0.325. The van der Waals surface area contributed by atoms with E-state index in [-0.39, 0.29) is 0 Å². The van der Waals surface area contributed by atoms with Crippen LogP contribution in [0.4, 0.5) is 13.6 Å². The molecular formula is C11H22F2N2O3. The Hall–Kier alpha value is -0.950. The van der Waals surface area contributed by atoms with Crippen molar-refractivity contribution < 1.29 is 23.4 Å². The number of hydrogen-bond acceptors (Lipinski definition) is 4. The predicted molar refractivity (Wildman–Crippen MR) is 63.8 cm³/mol. The van der Waals surface area contributed by atoms with Crippen LogP contribution in [0, 0.1) is 0 Å². The van der Waals surface area contributed by atoms with Crippen LogP contribution in [0.5, 0.6) is 0 Å². The first-order valence-corrected chi connectivity index (χ1v) is 5.82. The van der Waals surface area contributed by atoms with Crippen molar-refractivity contribution in [2.24, 2.45) is 0 Å². The molecule has 108 valence electrons. The van der Waals surface area contributed by atoms with Gasteiger partial charge in [0.2, 0.25) is 0 Å². The van der Waals surface area contributed by atoms with Gasteiger partial charge in [-0.3, -0.25) is 0 Å². The molecule has 0 fully saturated rings. The summed E-state index contributed by atoms with van der Waals surface area (Å²) in [7, 11) is 0. The molecule has 0 saturated heterocycles. The second kappa shape index (κ2) is 7.48. The summed E-state index contributed by atoms with van der Waals surface area (Å²) in [6.45, 7) is 4.19. The Labute approximate surface area is 106 Å². The molecule has 3 N–H and O–H groups in total. The van der Waals surface area contributed by atoms with Crippen LogP contribution in [0.25, 0.3) is 0 Å². The molecule has 0 radical (unpaired) electrons. The first-order valence-electron chi connectivity index (χ1n) is 5.82. The number of amides is 1. The van der Waals surface area contributed by atoms with Gasteiger partial charge in [-0.25, -0.2) is 13.6 Å². The van der Waals surface area contributed by atoms with E-state index in [4.69, 9.17) is 9.84 Å². The molecule has 0 unspecified atom stereocenters. The smallest absolute Gasteiger partial charge is 0.407 e. The molecule has 18 heavy (non-hydrogen) atoms. The second-order valence-electron chi connectivity index (χ2n) is 4.97. The Bertz CT molecular complexity index is 255. The highest BCUT2D eigenvalue weighted by atomic mass is 19.3. The van der Waals surface area contributed by atoms with Crippen LogP contribution in [0.2, 0.25) is 0 Å². The second-order valence-corrected chi connectivity index (χ2v) is 4.97. The molecule has 0 aromatic heterocycles. The molecule has 0 bridgehead atoms. The lowest BCUT2D eigenvalue weighted by Crippen LogP contribution is -2.37. The molecule has 0 atom stereocenters. The average molecular weight is 268 g/mol. The third-order valence-electron chi connectivity index (χ3n) is 1.81. The molecule has 0 aliphatic carbocycles. The van der Waals surface area contributed by atoms with E-state index in [1.54, 1.807) is 20.8 Å². The molecule has 0 heterocycles. The van der Waals surface area contributed by atoms with Crippen molar-refractivity contribution >= 4 is 6.09 Å². The summed E-state index contributed by atoms with van der Waals surface area (Å²) in [5.41, 5.74) is -0.550. The van der Waals surface area contributed by atoms with Gasteiger partial charge in [-0.15, -0.1) is 0 Å². The van der Waals surface area contributed by atoms with Crippen molar-refractivity contribution in [3.8, 4) is 0 Å². The van der Waals surface area contributed by atoms with Gasteiger partial charge in [0, 0.05) is 6.54 Å². The summed E-state index contributed by atoms with van der Waals surface area (Å²) < 4.78 is 30.1. The molecule has 7 heteroatoms. The number of ether oxygens (including phenoxy) is 1. The van der Waals surface area contributed by atoms with E-state index in [1.165, 1.54) is 0 Å². The van der Waals surface area contributed by atoms with E-state index in [0.717, 1.165) is 0 Å². The molecule has 5 nitrogen and oxygen atoms in total. The summed E-state index contributed by atoms with van der Waals surface area (Å²) in [6.07, 6.45) is -0.0241. The quantitative estimate of drug-likeness (QED) is 0.605. The molecule has 0 saturated carbocycles. The summed E-state index contributed by atoms with van der Waals surface area (Å²) in [5, 5.41) is 13.3. The van der Waals surface area contributed by atoms with E-state index in [1.807, 2.05) is 0 Å². The molecular weight excluding hydrogens is 246 g/mol. The number of nitrogens with one attached hydrogen (secondary N) is 2. The average Bonchev–Trinajstić information content (AvgIpc) is 2.20. The minimum atomic E-state index is -3.10. The number of aliphatic hydroxyl groups excluding tert-OH is 1. The molecule has 0 aromatic carbocycles. The van der Waals surface area contributed by atoms with E-state index >= 15 is 0 Å². The van der Waals surface area contributed by atoms with Crippen LogP contribution in [0.1, 0.15) is 27.2 Å². The zero-order valence-electron chi connectivity index (χ0n) is 11.1. The molecule has 1 amide bonds. The highest BCUT2D eigenvalue weighted by molar-refractivity contribution is 5.67. The van der Waals surface area contributed by atoms with Gasteiger partial charge < -0.3 is 20.5 Å². The lowest BCUT2D eigenvalue weighted by Gasteiger charge is -2.19. The van der Waals surface area contributed by atoms with Crippen molar-refractivity contribution in [3.05, 3.63) is 0 Å². The van der Waals surface area contributed by atoms with Gasteiger partial charge in [0.15, 0.2) is 0 Å². The molecule has 0 aromatic rings. The Morgan fingerprint density at radius 3 is 2.39 bits per heavy atom. The zero-order valence-corrected chi connectivity index (χ0v) is 11.1. The van der Waals surface area contributed by atoms with E-state index in [0.29, 0.717) is 19.5 Å². The highest BCUT2D eigenvalue weighted by Gasteiger charge is 2.26. The fourth-order valence-electron chi connectivity index (χ4n) is 1.05. The van der Waals surface area contributed by atoms with Crippen LogP contribution in [-0.2, 0) is 4.74 Å². The third-order valence-corrected chi connectivity index (χ3v) is 1.81. The number of alkyl carbamates (subject to hydrolysis) is 1. The number of aliphatic hydroxyl groups is 1. The summed E-state index contributed by atoms with van der Waals surface area (Å²) in [6, 6.07) is 0. The van der Waals surface area contributed by atoms with Crippen molar-refractivity contribution in [2.45, 2.75) is 38.7 Å². The first kappa shape index (κ1) is 17.1. The zero-order chi connectivity index (χ0) is 14.2. The summed E-state index contributed by atoms with van der Waals surface area (Å²) in [5.74, 6) is -3.10. The Kier molecular flexibility index (Phi) is 7.08. The third kappa shape index (κ3) is 10.2. The van der Waals surface area contributed by atoms with E-state index < -0.39 is 30.8 Å². The van der Waals surface area contributed by atoms with Gasteiger partial charge in [0.1, 0.15) is 12.2 Å². The number of alkyl halides is 2. The maximum absolute atomic E-state index is 12.6. The summed E-state index contributed by atoms with van der Waals surface area (Å²) in [4.78, 5) is 11.2. The SMILES string of the molecule is CC(C)(C)OC(=O)NCCCNCC(F)(F)CO. The molecule has 0 spiro atoms. The minimum Gasteiger partial charge on any atom is -0.444 e. The molecule has 0 rings (SSSR count). The van der Waals surface area contributed by atoms with Gasteiger partial charge >= 0.3 is 6.09 Å². The normalized spacial score (nSPS) is 12.3. The van der Waals surface area contributed by atoms with Crippen molar-refractivity contribution in [1.29, 1.82) is 0 Å². The molecule has 0 aliphatic heterocycles. The van der Waals surface area contributed by atoms with Crippen LogP contribution in [0.15, 0.2) is 0 Å².